The number of hydrogen-bond donors (Lipinski definition) is 1. The summed E-state index contributed by atoms with van der Waals surface area (Å²) >= 11 is 0. The lowest BCUT2D eigenvalue weighted by molar-refractivity contribution is 0.104. The second-order valence-electron chi connectivity index (χ2n) is 5.42. The maximum Gasteiger partial charge on any atom is 0.336 e. The van der Waals surface area contributed by atoms with Crippen molar-refractivity contribution in [3.05, 3.63) is 76.3 Å². The maximum atomic E-state index is 13.0. The van der Waals surface area contributed by atoms with Gasteiger partial charge < -0.3 is 14.1 Å². The van der Waals surface area contributed by atoms with Gasteiger partial charge in [0.15, 0.2) is 5.78 Å². The summed E-state index contributed by atoms with van der Waals surface area (Å²) in [6.45, 7) is 0. The Morgan fingerprint density at radius 1 is 1.04 bits per heavy atom. The highest BCUT2D eigenvalue weighted by molar-refractivity contribution is 6.20. The number of ether oxygens (including phenoxy) is 1. The molecule has 1 N–H and O–H groups in total. The highest BCUT2D eigenvalue weighted by Crippen LogP contribution is 2.27. The Balaban J connectivity index is 1.95. The van der Waals surface area contributed by atoms with Gasteiger partial charge in [-0.15, -0.1) is 0 Å². The van der Waals surface area contributed by atoms with E-state index >= 15 is 0 Å². The Morgan fingerprint density at radius 2 is 1.88 bits per heavy atom. The summed E-state index contributed by atoms with van der Waals surface area (Å²) in [5.74, 6) is 0.423. The molecule has 0 fully saturated rings. The Hall–Kier alpha value is -3.34. The van der Waals surface area contributed by atoms with Crippen LogP contribution in [0.2, 0.25) is 0 Å². The van der Waals surface area contributed by atoms with Crippen LogP contribution < -0.4 is 10.4 Å². The highest BCUT2D eigenvalue weighted by Gasteiger charge is 2.18. The van der Waals surface area contributed by atoms with E-state index < -0.39 is 5.63 Å². The van der Waals surface area contributed by atoms with E-state index in [1.54, 1.807) is 43.6 Å². The number of methoxy groups -OCH3 is 1. The molecule has 0 radical (unpaired) electrons. The van der Waals surface area contributed by atoms with Crippen molar-refractivity contribution in [1.82, 2.24) is 4.98 Å². The number of fused-ring (bicyclic) bond motifs is 2. The molecule has 5 heteroatoms. The van der Waals surface area contributed by atoms with Gasteiger partial charge in [0, 0.05) is 39.7 Å². The fourth-order valence-corrected chi connectivity index (χ4v) is 2.86. The molecule has 0 saturated heterocycles. The summed E-state index contributed by atoms with van der Waals surface area (Å²) < 4.78 is 10.4. The van der Waals surface area contributed by atoms with E-state index in [9.17, 15) is 9.59 Å². The summed E-state index contributed by atoms with van der Waals surface area (Å²) in [4.78, 5) is 27.9. The van der Waals surface area contributed by atoms with Gasteiger partial charge in [0.05, 0.1) is 7.11 Å². The second kappa shape index (κ2) is 5.38. The average Bonchev–Trinajstić information content (AvgIpc) is 3.03. The first-order valence-corrected chi connectivity index (χ1v) is 7.40. The molecule has 2 aromatic carbocycles. The minimum atomic E-state index is -0.547. The lowest BCUT2D eigenvalue weighted by atomic mass is 10.00. The molecule has 4 rings (SSSR count). The van der Waals surface area contributed by atoms with Crippen molar-refractivity contribution in [3.8, 4) is 5.75 Å². The predicted octanol–water partition coefficient (Wildman–Crippen LogP) is 3.51. The second-order valence-corrected chi connectivity index (χ2v) is 5.42. The van der Waals surface area contributed by atoms with Crippen molar-refractivity contribution in [2.24, 2.45) is 0 Å². The number of aromatic amines is 1. The highest BCUT2D eigenvalue weighted by atomic mass is 16.5. The van der Waals surface area contributed by atoms with Gasteiger partial charge in [0.25, 0.3) is 0 Å². The van der Waals surface area contributed by atoms with Crippen LogP contribution in [0.25, 0.3) is 21.9 Å². The molecule has 118 valence electrons. The zero-order valence-electron chi connectivity index (χ0n) is 12.8. The third kappa shape index (κ3) is 2.18. The van der Waals surface area contributed by atoms with Crippen LogP contribution in [0.3, 0.4) is 0 Å². The van der Waals surface area contributed by atoms with Crippen LogP contribution in [0.15, 0.2) is 63.9 Å². The van der Waals surface area contributed by atoms with Crippen molar-refractivity contribution in [1.29, 1.82) is 0 Å². The van der Waals surface area contributed by atoms with E-state index in [-0.39, 0.29) is 5.78 Å². The van der Waals surface area contributed by atoms with E-state index in [4.69, 9.17) is 9.15 Å². The number of hydrogen-bond acceptors (Lipinski definition) is 4. The number of aromatic nitrogens is 1. The molecule has 0 spiro atoms. The summed E-state index contributed by atoms with van der Waals surface area (Å²) in [6, 6.07) is 13.7. The van der Waals surface area contributed by atoms with Crippen LogP contribution in [0.1, 0.15) is 15.9 Å². The van der Waals surface area contributed by atoms with Crippen LogP contribution >= 0.6 is 0 Å². The number of ketones is 1. The van der Waals surface area contributed by atoms with E-state index in [1.807, 2.05) is 12.1 Å². The number of carbonyl (C=O) groups excluding carboxylic acids is 1. The molecule has 5 nitrogen and oxygen atoms in total. The smallest absolute Gasteiger partial charge is 0.336 e. The van der Waals surface area contributed by atoms with Gasteiger partial charge in [-0.3, -0.25) is 4.79 Å². The Bertz CT molecular complexity index is 1140. The van der Waals surface area contributed by atoms with Crippen LogP contribution in [-0.4, -0.2) is 17.9 Å². The number of para-hydroxylation sites is 1. The molecule has 0 aliphatic heterocycles. The number of nitrogens with one attached hydrogen (secondary N) is 1. The first-order chi connectivity index (χ1) is 11.7. The Kier molecular flexibility index (Phi) is 3.20. The largest absolute Gasteiger partial charge is 0.497 e. The number of H-pyrrole nitrogens is 1. The molecular formula is C19H13NO4. The molecule has 0 bridgehead atoms. The molecule has 0 unspecified atom stereocenters. The van der Waals surface area contributed by atoms with Gasteiger partial charge >= 0.3 is 5.63 Å². The van der Waals surface area contributed by atoms with Crippen molar-refractivity contribution >= 4 is 27.7 Å². The number of rotatable bonds is 3. The van der Waals surface area contributed by atoms with Gasteiger partial charge in [-0.2, -0.15) is 0 Å². The quantitative estimate of drug-likeness (QED) is 0.463. The fourth-order valence-electron chi connectivity index (χ4n) is 2.86. The molecule has 0 saturated carbocycles. The van der Waals surface area contributed by atoms with Crippen LogP contribution in [-0.2, 0) is 0 Å². The average molecular weight is 319 g/mol. The van der Waals surface area contributed by atoms with Gasteiger partial charge in [-0.25, -0.2) is 4.79 Å². The summed E-state index contributed by atoms with van der Waals surface area (Å²) in [7, 11) is 1.57. The lowest BCUT2D eigenvalue weighted by Crippen LogP contribution is -2.07. The fraction of sp³-hybridized carbons (Fsp3) is 0.0526. The van der Waals surface area contributed by atoms with Crippen LogP contribution in [0.4, 0.5) is 0 Å². The molecule has 24 heavy (non-hydrogen) atoms. The van der Waals surface area contributed by atoms with Crippen molar-refractivity contribution in [3.63, 3.8) is 0 Å². The topological polar surface area (TPSA) is 72.3 Å². The Labute approximate surface area is 136 Å². The monoisotopic (exact) mass is 319 g/mol. The van der Waals surface area contributed by atoms with Gasteiger partial charge in [0.1, 0.15) is 11.3 Å². The maximum absolute atomic E-state index is 13.0. The number of carbonyl (C=O) groups is 1. The van der Waals surface area contributed by atoms with E-state index in [0.29, 0.717) is 27.8 Å². The first kappa shape index (κ1) is 14.3. The zero-order valence-corrected chi connectivity index (χ0v) is 12.8. The van der Waals surface area contributed by atoms with Crippen LogP contribution in [0, 0.1) is 0 Å². The normalized spacial score (nSPS) is 11.0. The summed E-state index contributed by atoms with van der Waals surface area (Å²) in [5, 5.41) is 1.36. The molecule has 2 heterocycles. The molecular weight excluding hydrogens is 306 g/mol. The van der Waals surface area contributed by atoms with Crippen LogP contribution in [0.5, 0.6) is 5.75 Å². The molecule has 0 atom stereocenters. The van der Waals surface area contributed by atoms with E-state index in [2.05, 4.69) is 4.98 Å². The number of benzene rings is 2. The minimum absolute atomic E-state index is 0.237. The third-order valence-corrected chi connectivity index (χ3v) is 4.03. The minimum Gasteiger partial charge on any atom is -0.497 e. The third-order valence-electron chi connectivity index (χ3n) is 4.03. The van der Waals surface area contributed by atoms with Crippen molar-refractivity contribution < 1.29 is 13.9 Å². The summed E-state index contributed by atoms with van der Waals surface area (Å²) in [6.07, 6.45) is 1.65. The first-order valence-electron chi connectivity index (χ1n) is 7.40. The molecule has 0 amide bonds. The van der Waals surface area contributed by atoms with Gasteiger partial charge in [-0.1, -0.05) is 18.2 Å². The SMILES string of the molecule is COc1ccc2[nH]cc(C(=O)c3cc(=O)oc4ccccc34)c2c1. The molecule has 4 aromatic rings. The van der Waals surface area contributed by atoms with Gasteiger partial charge in [0.2, 0.25) is 0 Å². The predicted molar refractivity (Wildman–Crippen MR) is 90.8 cm³/mol. The van der Waals surface area contributed by atoms with E-state index in [0.717, 1.165) is 10.9 Å². The summed E-state index contributed by atoms with van der Waals surface area (Å²) in [5.41, 5.74) is 1.48. The Morgan fingerprint density at radius 3 is 2.71 bits per heavy atom. The van der Waals surface area contributed by atoms with Gasteiger partial charge in [-0.05, 0) is 24.3 Å². The lowest BCUT2D eigenvalue weighted by Gasteiger charge is -2.04. The zero-order chi connectivity index (χ0) is 16.7. The van der Waals surface area contributed by atoms with E-state index in [1.165, 1.54) is 6.07 Å². The molecule has 0 aliphatic rings. The van der Waals surface area contributed by atoms with Crippen molar-refractivity contribution in [2.75, 3.05) is 7.11 Å². The molecule has 2 aromatic heterocycles. The molecule has 0 aliphatic carbocycles. The van der Waals surface area contributed by atoms with Crippen molar-refractivity contribution in [2.45, 2.75) is 0 Å². The standard InChI is InChI=1S/C19H13NO4/c1-23-11-6-7-16-13(8-11)15(10-20-16)19(22)14-9-18(21)24-17-5-3-2-4-12(14)17/h2-10,20H,1H3.